The zero-order valence-corrected chi connectivity index (χ0v) is 10.7. The molecule has 0 saturated carbocycles. The molecule has 0 saturated heterocycles. The zero-order chi connectivity index (χ0) is 13.2. The molecule has 0 fully saturated rings. The van der Waals surface area contributed by atoms with Gasteiger partial charge in [0.15, 0.2) is 11.6 Å². The molecule has 0 heterocycles. The van der Waals surface area contributed by atoms with Gasteiger partial charge in [0.25, 0.3) is 0 Å². The Morgan fingerprint density at radius 2 is 2.22 bits per heavy atom. The molecule has 0 aliphatic carbocycles. The minimum absolute atomic E-state index is 0.307. The molecule has 3 nitrogen and oxygen atoms in total. The summed E-state index contributed by atoms with van der Waals surface area (Å²) in [5.74, 6) is 0.00191. The smallest absolute Gasteiger partial charge is 0.165 e. The molecule has 1 rings (SSSR count). The first-order valence-corrected chi connectivity index (χ1v) is 6.26. The monoisotopic (exact) mass is 250 g/mol. The lowest BCUT2D eigenvalue weighted by Crippen LogP contribution is -2.18. The highest BCUT2D eigenvalue weighted by molar-refractivity contribution is 5.29. The van der Waals surface area contributed by atoms with E-state index in [2.05, 4.69) is 11.4 Å². The van der Waals surface area contributed by atoms with E-state index < -0.39 is 0 Å². The molecule has 0 amide bonds. The van der Waals surface area contributed by atoms with E-state index in [1.807, 2.05) is 13.0 Å². The van der Waals surface area contributed by atoms with Gasteiger partial charge in [-0.1, -0.05) is 6.07 Å². The summed E-state index contributed by atoms with van der Waals surface area (Å²) in [5.41, 5.74) is 0.948. The van der Waals surface area contributed by atoms with Crippen LogP contribution in [-0.2, 0) is 6.42 Å². The number of benzene rings is 1. The van der Waals surface area contributed by atoms with Gasteiger partial charge in [-0.15, -0.1) is 0 Å². The molecule has 0 bridgehead atoms. The molecule has 0 aliphatic heterocycles. The lowest BCUT2D eigenvalue weighted by molar-refractivity contribution is 0.321. The van der Waals surface area contributed by atoms with Crippen LogP contribution in [0.4, 0.5) is 4.39 Å². The van der Waals surface area contributed by atoms with Gasteiger partial charge in [-0.3, -0.25) is 0 Å². The lowest BCUT2D eigenvalue weighted by atomic mass is 10.1. The number of rotatable bonds is 8. The van der Waals surface area contributed by atoms with Crippen molar-refractivity contribution in [1.29, 1.82) is 5.26 Å². The maximum absolute atomic E-state index is 13.5. The molecule has 98 valence electrons. The first-order valence-electron chi connectivity index (χ1n) is 6.26. The molecule has 1 N–H and O–H groups in total. The highest BCUT2D eigenvalue weighted by atomic mass is 19.1. The van der Waals surface area contributed by atoms with Gasteiger partial charge in [-0.2, -0.15) is 5.26 Å². The van der Waals surface area contributed by atoms with E-state index in [9.17, 15) is 4.39 Å². The quantitative estimate of drug-likeness (QED) is 0.721. The second kappa shape index (κ2) is 8.48. The van der Waals surface area contributed by atoms with Crippen molar-refractivity contribution in [1.82, 2.24) is 5.32 Å². The number of nitrogens with zero attached hydrogens (tertiary/aromatic N) is 1. The van der Waals surface area contributed by atoms with Gasteiger partial charge in [-0.05, 0) is 50.6 Å². The Hall–Kier alpha value is -1.60. The third-order valence-corrected chi connectivity index (χ3v) is 2.53. The van der Waals surface area contributed by atoms with Crippen LogP contribution in [0.5, 0.6) is 5.75 Å². The van der Waals surface area contributed by atoms with Crippen LogP contribution in [-0.4, -0.2) is 19.7 Å². The Balaban J connectivity index is 2.30. The van der Waals surface area contributed by atoms with Crippen LogP contribution in [0.1, 0.15) is 25.3 Å². The van der Waals surface area contributed by atoms with E-state index in [-0.39, 0.29) is 5.82 Å². The summed E-state index contributed by atoms with van der Waals surface area (Å²) >= 11 is 0. The van der Waals surface area contributed by atoms with Gasteiger partial charge in [0.2, 0.25) is 0 Å². The predicted molar refractivity (Wildman–Crippen MR) is 69.0 cm³/mol. The van der Waals surface area contributed by atoms with Crippen molar-refractivity contribution in [3.05, 3.63) is 29.6 Å². The number of nitrogens with one attached hydrogen (secondary N) is 1. The number of hydrogen-bond acceptors (Lipinski definition) is 3. The minimum atomic E-state index is -0.307. The Bertz CT molecular complexity index is 401. The molecule has 0 aliphatic rings. The molecule has 0 unspecified atom stereocenters. The lowest BCUT2D eigenvalue weighted by Gasteiger charge is -2.07. The van der Waals surface area contributed by atoms with Crippen LogP contribution in [0.15, 0.2) is 18.2 Å². The second-order valence-electron chi connectivity index (χ2n) is 3.96. The van der Waals surface area contributed by atoms with E-state index in [1.165, 1.54) is 6.07 Å². The van der Waals surface area contributed by atoms with Crippen LogP contribution >= 0.6 is 0 Å². The number of halogens is 1. The van der Waals surface area contributed by atoms with E-state index in [1.54, 1.807) is 6.07 Å². The first-order chi connectivity index (χ1) is 8.77. The molecule has 18 heavy (non-hydrogen) atoms. The van der Waals surface area contributed by atoms with E-state index in [4.69, 9.17) is 10.00 Å². The average Bonchev–Trinajstić information content (AvgIpc) is 2.37. The van der Waals surface area contributed by atoms with Crippen LogP contribution in [0, 0.1) is 17.1 Å². The summed E-state index contributed by atoms with van der Waals surface area (Å²) in [6, 6.07) is 7.16. The first kappa shape index (κ1) is 14.5. The zero-order valence-electron chi connectivity index (χ0n) is 10.7. The number of ether oxygens (including phenoxy) is 1. The van der Waals surface area contributed by atoms with Gasteiger partial charge < -0.3 is 10.1 Å². The Morgan fingerprint density at radius 1 is 1.39 bits per heavy atom. The van der Waals surface area contributed by atoms with Crippen molar-refractivity contribution in [2.75, 3.05) is 19.7 Å². The number of unbranched alkanes of at least 4 members (excludes halogenated alkanes) is 1. The summed E-state index contributed by atoms with van der Waals surface area (Å²) in [5, 5.41) is 11.6. The normalized spacial score (nSPS) is 10.1. The van der Waals surface area contributed by atoms with Crippen molar-refractivity contribution in [2.45, 2.75) is 26.2 Å². The van der Waals surface area contributed by atoms with Crippen molar-refractivity contribution in [2.24, 2.45) is 0 Å². The van der Waals surface area contributed by atoms with E-state index in [0.717, 1.165) is 31.5 Å². The van der Waals surface area contributed by atoms with Crippen LogP contribution in [0.25, 0.3) is 0 Å². The highest BCUT2D eigenvalue weighted by Crippen LogP contribution is 2.18. The van der Waals surface area contributed by atoms with Crippen molar-refractivity contribution < 1.29 is 9.13 Å². The predicted octanol–water partition coefficient (Wildman–Crippen LogP) is 2.66. The maximum atomic E-state index is 13.5. The Morgan fingerprint density at radius 3 is 2.89 bits per heavy atom. The van der Waals surface area contributed by atoms with Gasteiger partial charge >= 0.3 is 0 Å². The second-order valence-corrected chi connectivity index (χ2v) is 3.96. The minimum Gasteiger partial charge on any atom is -0.491 e. The summed E-state index contributed by atoms with van der Waals surface area (Å²) < 4.78 is 18.7. The van der Waals surface area contributed by atoms with Gasteiger partial charge in [0, 0.05) is 6.42 Å². The fraction of sp³-hybridized carbons (Fsp3) is 0.500. The molecular weight excluding hydrogens is 231 g/mol. The summed E-state index contributed by atoms with van der Waals surface area (Å²) in [7, 11) is 0. The number of nitriles is 1. The standard InChI is InChI=1S/C14H19FN2O/c1-2-18-14-6-5-12(11-13(14)15)7-10-17-9-4-3-8-16/h5-6,11,17H,2-4,7,9-10H2,1H3. The van der Waals surface area contributed by atoms with Crippen molar-refractivity contribution >= 4 is 0 Å². The van der Waals surface area contributed by atoms with Gasteiger partial charge in [-0.25, -0.2) is 4.39 Å². The Kier molecular flexibility index (Phi) is 6.82. The molecule has 0 aromatic heterocycles. The average molecular weight is 250 g/mol. The molecule has 1 aromatic carbocycles. The van der Waals surface area contributed by atoms with Crippen LogP contribution in [0.2, 0.25) is 0 Å². The van der Waals surface area contributed by atoms with E-state index >= 15 is 0 Å². The summed E-state index contributed by atoms with van der Waals surface area (Å²) in [4.78, 5) is 0. The van der Waals surface area contributed by atoms with Crippen molar-refractivity contribution in [3.63, 3.8) is 0 Å². The van der Waals surface area contributed by atoms with Crippen molar-refractivity contribution in [3.8, 4) is 11.8 Å². The van der Waals surface area contributed by atoms with Crippen LogP contribution < -0.4 is 10.1 Å². The fourth-order valence-electron chi connectivity index (χ4n) is 1.62. The molecule has 4 heteroatoms. The molecule has 0 radical (unpaired) electrons. The SMILES string of the molecule is CCOc1ccc(CCNCCCC#N)cc1F. The Labute approximate surface area is 108 Å². The molecule has 0 atom stereocenters. The summed E-state index contributed by atoms with van der Waals surface area (Å²) in [6.45, 7) is 3.92. The van der Waals surface area contributed by atoms with E-state index in [0.29, 0.717) is 18.8 Å². The number of hydrogen-bond donors (Lipinski definition) is 1. The fourth-order valence-corrected chi connectivity index (χ4v) is 1.62. The molecule has 1 aromatic rings. The van der Waals surface area contributed by atoms with Gasteiger partial charge in [0.05, 0.1) is 12.7 Å². The topological polar surface area (TPSA) is 45.0 Å². The highest BCUT2D eigenvalue weighted by Gasteiger charge is 2.03. The third-order valence-electron chi connectivity index (χ3n) is 2.53. The third kappa shape index (κ3) is 5.15. The molecular formula is C14H19FN2O. The largest absolute Gasteiger partial charge is 0.491 e. The van der Waals surface area contributed by atoms with Crippen LogP contribution in [0.3, 0.4) is 0 Å². The van der Waals surface area contributed by atoms with Gasteiger partial charge in [0.1, 0.15) is 0 Å². The summed E-state index contributed by atoms with van der Waals surface area (Å²) in [6.07, 6.45) is 2.20. The maximum Gasteiger partial charge on any atom is 0.165 e. The molecule has 0 spiro atoms.